The fourth-order valence-corrected chi connectivity index (χ4v) is 3.04. The van der Waals surface area contributed by atoms with Crippen molar-refractivity contribution in [2.45, 2.75) is 26.2 Å². The third-order valence-electron chi connectivity index (χ3n) is 4.37. The second-order valence-corrected chi connectivity index (χ2v) is 6.64. The molecule has 27 heavy (non-hydrogen) atoms. The zero-order valence-electron chi connectivity index (χ0n) is 15.1. The van der Waals surface area contributed by atoms with Gasteiger partial charge in [-0.15, -0.1) is 11.6 Å². The zero-order valence-corrected chi connectivity index (χ0v) is 15.8. The zero-order chi connectivity index (χ0) is 19.4. The van der Waals surface area contributed by atoms with Gasteiger partial charge in [0.05, 0.1) is 0 Å². The Morgan fingerprint density at radius 3 is 2.37 bits per heavy atom. The van der Waals surface area contributed by atoms with Gasteiger partial charge in [0.1, 0.15) is 5.57 Å². The number of fused-ring (bicyclic) bond motifs is 1. The van der Waals surface area contributed by atoms with E-state index in [1.165, 1.54) is 6.08 Å². The number of hydrogen-bond donors (Lipinski definition) is 0. The summed E-state index contributed by atoms with van der Waals surface area (Å²) in [6.45, 7) is 2.56. The second kappa shape index (κ2) is 8.43. The fourth-order valence-electron chi connectivity index (χ4n) is 2.92. The van der Waals surface area contributed by atoms with Crippen LogP contribution in [-0.2, 0) is 9.59 Å². The Bertz CT molecular complexity index is 760. The van der Waals surface area contributed by atoms with Crippen LogP contribution in [-0.4, -0.2) is 53.4 Å². The summed E-state index contributed by atoms with van der Waals surface area (Å²) in [5.74, 6) is 0.319. The monoisotopic (exact) mass is 392 g/mol. The predicted molar refractivity (Wildman–Crippen MR) is 99.6 cm³/mol. The van der Waals surface area contributed by atoms with E-state index in [0.717, 1.165) is 16.2 Å². The average Bonchev–Trinajstić information content (AvgIpc) is 3.13. The molecule has 144 valence electrons. The van der Waals surface area contributed by atoms with E-state index >= 15 is 0 Å². The second-order valence-electron chi connectivity index (χ2n) is 6.26. The Balaban J connectivity index is 1.94. The number of carbonyl (C=O) groups excluding carboxylic acids is 3. The Kier molecular flexibility index (Phi) is 6.01. The molecule has 7 nitrogen and oxygen atoms in total. The lowest BCUT2D eigenvalue weighted by atomic mass is 10.1. The van der Waals surface area contributed by atoms with Crippen LogP contribution in [0.5, 0.6) is 11.5 Å². The standard InChI is InChI=1S/C19H21ClN2O5/c1-2-3-8-21-17(23)14(18(24)22(19(21)25)9-4-7-20)10-13-5-6-15-16(11-13)27-12-26-15/h5-6,10-11H,2-4,7-9,12H2,1H3/b14-10+. The van der Waals surface area contributed by atoms with E-state index in [2.05, 4.69) is 0 Å². The average molecular weight is 393 g/mol. The van der Waals surface area contributed by atoms with Crippen LogP contribution in [0.3, 0.4) is 0 Å². The summed E-state index contributed by atoms with van der Waals surface area (Å²) in [4.78, 5) is 40.5. The van der Waals surface area contributed by atoms with Crippen molar-refractivity contribution in [2.75, 3.05) is 25.8 Å². The number of benzene rings is 1. The first kappa shape index (κ1) is 19.2. The molecule has 2 heterocycles. The molecule has 0 aliphatic carbocycles. The number of imide groups is 2. The predicted octanol–water partition coefficient (Wildman–Crippen LogP) is 3.02. The van der Waals surface area contributed by atoms with Gasteiger partial charge < -0.3 is 9.47 Å². The van der Waals surface area contributed by atoms with Crippen molar-refractivity contribution in [1.29, 1.82) is 0 Å². The quantitative estimate of drug-likeness (QED) is 0.405. The van der Waals surface area contributed by atoms with E-state index in [-0.39, 0.29) is 25.5 Å². The maximum absolute atomic E-state index is 12.8. The highest BCUT2D eigenvalue weighted by Crippen LogP contribution is 2.33. The molecule has 1 aromatic carbocycles. The molecule has 0 N–H and O–H groups in total. The SMILES string of the molecule is CCCCN1C(=O)/C(=C\c2ccc3c(c2)OCO3)C(=O)N(CCCCl)C1=O. The summed E-state index contributed by atoms with van der Waals surface area (Å²) in [5, 5.41) is 0. The summed E-state index contributed by atoms with van der Waals surface area (Å²) < 4.78 is 10.6. The van der Waals surface area contributed by atoms with Crippen LogP contribution in [0.15, 0.2) is 23.8 Å². The van der Waals surface area contributed by atoms with Gasteiger partial charge in [-0.3, -0.25) is 19.4 Å². The number of urea groups is 1. The van der Waals surface area contributed by atoms with Crippen molar-refractivity contribution < 1.29 is 23.9 Å². The summed E-state index contributed by atoms with van der Waals surface area (Å²) in [6, 6.07) is 4.58. The fraction of sp³-hybridized carbons (Fsp3) is 0.421. The van der Waals surface area contributed by atoms with Crippen LogP contribution in [0.4, 0.5) is 4.79 Å². The van der Waals surface area contributed by atoms with Gasteiger partial charge in [0.25, 0.3) is 11.8 Å². The van der Waals surface area contributed by atoms with E-state index < -0.39 is 17.8 Å². The molecule has 0 spiro atoms. The van der Waals surface area contributed by atoms with E-state index in [1.54, 1.807) is 18.2 Å². The highest BCUT2D eigenvalue weighted by atomic mass is 35.5. The van der Waals surface area contributed by atoms with Gasteiger partial charge in [0.2, 0.25) is 6.79 Å². The lowest BCUT2D eigenvalue weighted by Crippen LogP contribution is -2.56. The first-order valence-electron chi connectivity index (χ1n) is 8.91. The molecule has 8 heteroatoms. The van der Waals surface area contributed by atoms with Crippen molar-refractivity contribution in [2.24, 2.45) is 0 Å². The van der Waals surface area contributed by atoms with E-state index in [4.69, 9.17) is 21.1 Å². The molecule has 1 saturated heterocycles. The van der Waals surface area contributed by atoms with Crippen molar-refractivity contribution in [3.8, 4) is 11.5 Å². The van der Waals surface area contributed by atoms with Crippen LogP contribution in [0.2, 0.25) is 0 Å². The molecular formula is C19H21ClN2O5. The van der Waals surface area contributed by atoms with Crippen LogP contribution in [0.1, 0.15) is 31.7 Å². The number of amides is 4. The Morgan fingerprint density at radius 1 is 1.04 bits per heavy atom. The van der Waals surface area contributed by atoms with Gasteiger partial charge in [-0.05, 0) is 36.6 Å². The van der Waals surface area contributed by atoms with Gasteiger partial charge in [-0.2, -0.15) is 0 Å². The highest BCUT2D eigenvalue weighted by molar-refractivity contribution is 6.30. The van der Waals surface area contributed by atoms with Crippen LogP contribution in [0.25, 0.3) is 6.08 Å². The summed E-state index contributed by atoms with van der Waals surface area (Å²) in [5.41, 5.74) is 0.581. The van der Waals surface area contributed by atoms with Gasteiger partial charge in [0, 0.05) is 19.0 Å². The third-order valence-corrected chi connectivity index (χ3v) is 4.64. The molecule has 1 fully saturated rings. The minimum absolute atomic E-state index is 0.0425. The topological polar surface area (TPSA) is 76.2 Å². The normalized spacial score (nSPS) is 18.0. The minimum atomic E-state index is -0.597. The number of rotatable bonds is 7. The number of unbranched alkanes of at least 4 members (excludes halogenated alkanes) is 1. The number of hydrogen-bond acceptors (Lipinski definition) is 5. The largest absolute Gasteiger partial charge is 0.454 e. The third kappa shape index (κ3) is 3.93. The Hall–Kier alpha value is -2.54. The van der Waals surface area contributed by atoms with Crippen molar-refractivity contribution in [1.82, 2.24) is 9.80 Å². The Labute approximate surface area is 162 Å². The first-order chi connectivity index (χ1) is 13.1. The molecule has 4 amide bonds. The molecule has 0 aromatic heterocycles. The molecular weight excluding hydrogens is 372 g/mol. The number of nitrogens with zero attached hydrogens (tertiary/aromatic N) is 2. The summed E-state index contributed by atoms with van der Waals surface area (Å²) in [6.07, 6.45) is 3.46. The smallest absolute Gasteiger partial charge is 0.333 e. The highest BCUT2D eigenvalue weighted by Gasteiger charge is 2.41. The molecule has 0 bridgehead atoms. The Morgan fingerprint density at radius 2 is 1.70 bits per heavy atom. The lowest BCUT2D eigenvalue weighted by molar-refractivity contribution is -0.135. The molecule has 0 unspecified atom stereocenters. The van der Waals surface area contributed by atoms with Crippen molar-refractivity contribution in [3.05, 3.63) is 29.3 Å². The lowest BCUT2D eigenvalue weighted by Gasteiger charge is -2.34. The minimum Gasteiger partial charge on any atom is -0.454 e. The number of carbonyl (C=O) groups is 3. The number of ether oxygens (including phenoxy) is 2. The van der Waals surface area contributed by atoms with Crippen LogP contribution < -0.4 is 9.47 Å². The molecule has 2 aliphatic rings. The van der Waals surface area contributed by atoms with Gasteiger partial charge in [-0.25, -0.2) is 4.79 Å². The molecule has 0 saturated carbocycles. The van der Waals surface area contributed by atoms with Crippen LogP contribution in [0, 0.1) is 0 Å². The first-order valence-corrected chi connectivity index (χ1v) is 9.45. The summed E-state index contributed by atoms with van der Waals surface area (Å²) in [7, 11) is 0. The summed E-state index contributed by atoms with van der Waals surface area (Å²) >= 11 is 5.71. The number of alkyl halides is 1. The van der Waals surface area contributed by atoms with Gasteiger partial charge >= 0.3 is 6.03 Å². The molecule has 1 aromatic rings. The maximum Gasteiger partial charge on any atom is 0.333 e. The van der Waals surface area contributed by atoms with Crippen LogP contribution >= 0.6 is 11.6 Å². The molecule has 0 radical (unpaired) electrons. The number of halogens is 1. The van der Waals surface area contributed by atoms with Gasteiger partial charge in [-0.1, -0.05) is 19.4 Å². The molecule has 3 rings (SSSR count). The van der Waals surface area contributed by atoms with Gasteiger partial charge in [0.15, 0.2) is 11.5 Å². The van der Waals surface area contributed by atoms with E-state index in [1.807, 2.05) is 6.92 Å². The molecule has 0 atom stereocenters. The maximum atomic E-state index is 12.8. The van der Waals surface area contributed by atoms with Crippen molar-refractivity contribution in [3.63, 3.8) is 0 Å². The van der Waals surface area contributed by atoms with Crippen molar-refractivity contribution >= 4 is 35.5 Å². The number of barbiturate groups is 1. The van der Waals surface area contributed by atoms with E-state index in [9.17, 15) is 14.4 Å². The molecule has 2 aliphatic heterocycles. The van der Waals surface area contributed by atoms with E-state index in [0.29, 0.717) is 35.8 Å².